The number of likely N-dealkylation sites (tertiary alicyclic amines) is 1. The molecular formula is C9H17N5OS. The van der Waals surface area contributed by atoms with E-state index in [0.717, 1.165) is 24.5 Å². The predicted molar refractivity (Wildman–Crippen MR) is 62.8 cm³/mol. The van der Waals surface area contributed by atoms with Gasteiger partial charge in [0.15, 0.2) is 0 Å². The predicted octanol–water partition coefficient (Wildman–Crippen LogP) is 0.0264. The van der Waals surface area contributed by atoms with Gasteiger partial charge in [-0.3, -0.25) is 10.3 Å². The molecule has 2 rings (SSSR count). The quantitative estimate of drug-likeness (QED) is 0.511. The fourth-order valence-corrected chi connectivity index (χ4v) is 2.80. The van der Waals surface area contributed by atoms with Gasteiger partial charge in [-0.25, -0.2) is 5.84 Å². The summed E-state index contributed by atoms with van der Waals surface area (Å²) in [5, 5.41) is 18.8. The minimum Gasteiger partial charge on any atom is -0.395 e. The van der Waals surface area contributed by atoms with Gasteiger partial charge in [-0.15, -0.1) is 10.2 Å². The van der Waals surface area contributed by atoms with Crippen molar-refractivity contribution >= 4 is 16.5 Å². The summed E-state index contributed by atoms with van der Waals surface area (Å²) in [6.45, 7) is 4.14. The monoisotopic (exact) mass is 243 g/mol. The molecule has 1 fully saturated rings. The molecule has 16 heavy (non-hydrogen) atoms. The van der Waals surface area contributed by atoms with Crippen LogP contribution in [0.25, 0.3) is 0 Å². The molecule has 2 unspecified atom stereocenters. The molecule has 1 aliphatic rings. The molecule has 7 heteroatoms. The summed E-state index contributed by atoms with van der Waals surface area (Å²) in [6.07, 6.45) is 1.13. The number of nitrogens with two attached hydrogens (primary N) is 1. The van der Waals surface area contributed by atoms with Crippen LogP contribution in [-0.4, -0.2) is 39.4 Å². The Morgan fingerprint density at radius 1 is 1.62 bits per heavy atom. The molecule has 4 N–H and O–H groups in total. The Morgan fingerprint density at radius 3 is 3.06 bits per heavy atom. The van der Waals surface area contributed by atoms with Gasteiger partial charge in [-0.05, 0) is 18.9 Å². The Hall–Kier alpha value is -0.760. The number of nitrogen functional groups attached to an aromatic ring is 1. The first-order chi connectivity index (χ1) is 7.74. The second-order valence-corrected chi connectivity index (χ2v) is 5.19. The summed E-state index contributed by atoms with van der Waals surface area (Å²) in [7, 11) is 0. The molecule has 2 atom stereocenters. The first-order valence-electron chi connectivity index (χ1n) is 5.38. The molecule has 0 amide bonds. The lowest BCUT2D eigenvalue weighted by Crippen LogP contribution is -2.34. The summed E-state index contributed by atoms with van der Waals surface area (Å²) in [6, 6.07) is 0.248. The van der Waals surface area contributed by atoms with E-state index >= 15 is 0 Å². The van der Waals surface area contributed by atoms with Crippen LogP contribution in [0.15, 0.2) is 0 Å². The van der Waals surface area contributed by atoms with E-state index in [-0.39, 0.29) is 12.6 Å². The van der Waals surface area contributed by atoms with Crippen molar-refractivity contribution in [2.45, 2.75) is 25.9 Å². The Kier molecular flexibility index (Phi) is 3.70. The second-order valence-electron chi connectivity index (χ2n) is 4.13. The van der Waals surface area contributed by atoms with Crippen molar-refractivity contribution in [3.8, 4) is 0 Å². The number of aliphatic hydroxyl groups excluding tert-OH is 1. The maximum Gasteiger partial charge on any atom is 0.219 e. The second kappa shape index (κ2) is 5.05. The smallest absolute Gasteiger partial charge is 0.219 e. The van der Waals surface area contributed by atoms with E-state index in [1.54, 1.807) is 0 Å². The molecule has 1 aliphatic heterocycles. The number of aromatic nitrogens is 2. The van der Waals surface area contributed by atoms with Crippen LogP contribution in [0.1, 0.15) is 18.4 Å². The van der Waals surface area contributed by atoms with Crippen LogP contribution in [0, 0.1) is 5.92 Å². The molecule has 0 saturated carbocycles. The molecule has 0 bridgehead atoms. The van der Waals surface area contributed by atoms with Crippen LogP contribution in [0.3, 0.4) is 0 Å². The average Bonchev–Trinajstić information content (AvgIpc) is 2.86. The number of hydrogen-bond donors (Lipinski definition) is 3. The molecule has 0 radical (unpaired) electrons. The van der Waals surface area contributed by atoms with Gasteiger partial charge in [-0.1, -0.05) is 18.3 Å². The average molecular weight is 243 g/mol. The number of nitrogens with one attached hydrogen (secondary N) is 1. The zero-order chi connectivity index (χ0) is 11.5. The van der Waals surface area contributed by atoms with Gasteiger partial charge in [0, 0.05) is 6.04 Å². The van der Waals surface area contributed by atoms with Crippen molar-refractivity contribution in [2.24, 2.45) is 11.8 Å². The summed E-state index contributed by atoms with van der Waals surface area (Å²) in [5.74, 6) is 5.80. The highest BCUT2D eigenvalue weighted by atomic mass is 32.1. The van der Waals surface area contributed by atoms with E-state index in [9.17, 15) is 5.11 Å². The van der Waals surface area contributed by atoms with E-state index in [2.05, 4.69) is 27.4 Å². The fourth-order valence-electron chi connectivity index (χ4n) is 2.13. The van der Waals surface area contributed by atoms with Crippen LogP contribution in [0.2, 0.25) is 0 Å². The first kappa shape index (κ1) is 11.7. The number of rotatable bonds is 4. The lowest BCUT2D eigenvalue weighted by Gasteiger charge is -2.23. The van der Waals surface area contributed by atoms with E-state index < -0.39 is 0 Å². The van der Waals surface area contributed by atoms with Crippen molar-refractivity contribution in [1.82, 2.24) is 15.1 Å². The molecule has 1 aromatic rings. The third kappa shape index (κ3) is 2.32. The normalized spacial score (nSPS) is 26.2. The van der Waals surface area contributed by atoms with Crippen LogP contribution in [0.5, 0.6) is 0 Å². The number of anilines is 1. The number of nitrogens with zero attached hydrogens (tertiary/aromatic N) is 3. The zero-order valence-electron chi connectivity index (χ0n) is 9.26. The lowest BCUT2D eigenvalue weighted by atomic mass is 10.0. The highest BCUT2D eigenvalue weighted by Crippen LogP contribution is 2.26. The van der Waals surface area contributed by atoms with Crippen LogP contribution in [-0.2, 0) is 6.54 Å². The lowest BCUT2D eigenvalue weighted by molar-refractivity contribution is 0.134. The van der Waals surface area contributed by atoms with Gasteiger partial charge in [0.05, 0.1) is 13.2 Å². The van der Waals surface area contributed by atoms with E-state index in [0.29, 0.717) is 11.0 Å². The Balaban J connectivity index is 1.98. The summed E-state index contributed by atoms with van der Waals surface area (Å²) >= 11 is 1.45. The molecule has 90 valence electrons. The Bertz CT molecular complexity index is 344. The van der Waals surface area contributed by atoms with Crippen molar-refractivity contribution in [3.63, 3.8) is 0 Å². The van der Waals surface area contributed by atoms with E-state index in [1.807, 2.05) is 0 Å². The summed E-state index contributed by atoms with van der Waals surface area (Å²) in [4.78, 5) is 2.26. The highest BCUT2D eigenvalue weighted by molar-refractivity contribution is 7.15. The van der Waals surface area contributed by atoms with Gasteiger partial charge in [0.25, 0.3) is 0 Å². The minimum atomic E-state index is 0.210. The van der Waals surface area contributed by atoms with Gasteiger partial charge in [-0.2, -0.15) is 0 Å². The molecule has 1 saturated heterocycles. The molecule has 1 aromatic heterocycles. The minimum absolute atomic E-state index is 0.210. The molecule has 0 aromatic carbocycles. The maximum absolute atomic E-state index is 9.33. The number of hydrazine groups is 1. The van der Waals surface area contributed by atoms with Crippen molar-refractivity contribution in [1.29, 1.82) is 0 Å². The largest absolute Gasteiger partial charge is 0.395 e. The van der Waals surface area contributed by atoms with Crippen LogP contribution >= 0.6 is 11.3 Å². The van der Waals surface area contributed by atoms with Crippen LogP contribution < -0.4 is 11.3 Å². The van der Waals surface area contributed by atoms with Crippen molar-refractivity contribution < 1.29 is 5.11 Å². The van der Waals surface area contributed by atoms with E-state index in [1.165, 1.54) is 11.3 Å². The van der Waals surface area contributed by atoms with Gasteiger partial charge in [0.2, 0.25) is 5.13 Å². The Morgan fingerprint density at radius 2 is 2.44 bits per heavy atom. The zero-order valence-corrected chi connectivity index (χ0v) is 10.1. The van der Waals surface area contributed by atoms with Gasteiger partial charge in [0.1, 0.15) is 5.01 Å². The van der Waals surface area contributed by atoms with Crippen molar-refractivity contribution in [2.75, 3.05) is 18.6 Å². The summed E-state index contributed by atoms with van der Waals surface area (Å²) in [5.41, 5.74) is 2.48. The third-order valence-electron chi connectivity index (χ3n) is 3.11. The van der Waals surface area contributed by atoms with E-state index in [4.69, 9.17) is 5.84 Å². The van der Waals surface area contributed by atoms with Crippen molar-refractivity contribution in [3.05, 3.63) is 5.01 Å². The van der Waals surface area contributed by atoms with Crippen LogP contribution in [0.4, 0.5) is 5.13 Å². The molecule has 6 nitrogen and oxygen atoms in total. The summed E-state index contributed by atoms with van der Waals surface area (Å²) < 4.78 is 0. The first-order valence-corrected chi connectivity index (χ1v) is 6.20. The molecular weight excluding hydrogens is 226 g/mol. The highest BCUT2D eigenvalue weighted by Gasteiger charge is 2.30. The number of hydrogen-bond acceptors (Lipinski definition) is 7. The standard InChI is InChI=1S/C9H17N5OS/c1-6-2-3-14(7(6)5-15)4-8-12-13-9(11-10)16-8/h6-7,15H,2-5,10H2,1H3,(H,11,13). The maximum atomic E-state index is 9.33. The number of aliphatic hydroxyl groups is 1. The van der Waals surface area contributed by atoms with Gasteiger partial charge >= 0.3 is 0 Å². The Labute approximate surface area is 98.4 Å². The topological polar surface area (TPSA) is 87.3 Å². The fraction of sp³-hybridized carbons (Fsp3) is 0.778. The SMILES string of the molecule is CC1CCN(Cc2nnc(NN)s2)C1CO. The molecule has 0 spiro atoms. The van der Waals surface area contributed by atoms with Gasteiger partial charge < -0.3 is 5.11 Å². The molecule has 2 heterocycles. The molecule has 0 aliphatic carbocycles. The third-order valence-corrected chi connectivity index (χ3v) is 3.95.